The van der Waals surface area contributed by atoms with Gasteiger partial charge in [0.25, 0.3) is 0 Å². The maximum Gasteiger partial charge on any atom is 0.573 e. The second-order valence-electron chi connectivity index (χ2n) is 6.35. The van der Waals surface area contributed by atoms with Crippen LogP contribution in [-0.2, 0) is 14.3 Å². The number of amides is 1. The molecule has 1 aromatic carbocycles. The van der Waals surface area contributed by atoms with Crippen molar-refractivity contribution in [2.24, 2.45) is 5.92 Å². The van der Waals surface area contributed by atoms with E-state index in [-0.39, 0.29) is 30.6 Å². The summed E-state index contributed by atoms with van der Waals surface area (Å²) in [6.07, 6.45) is -2.33. The first-order valence-electron chi connectivity index (χ1n) is 8.79. The number of nitrogens with zero attached hydrogens (tertiary/aromatic N) is 1. The largest absolute Gasteiger partial charge is 0.573 e. The first kappa shape index (κ1) is 21.0. The van der Waals surface area contributed by atoms with E-state index in [0.717, 1.165) is 31.5 Å². The number of anilines is 1. The normalized spacial score (nSPS) is 14.1. The third-order valence-electron chi connectivity index (χ3n) is 3.89. The summed E-state index contributed by atoms with van der Waals surface area (Å²) in [5.74, 6) is -0.424. The fourth-order valence-corrected chi connectivity index (χ4v) is 2.53. The number of hydrogen-bond donors (Lipinski definition) is 1. The minimum Gasteiger partial charge on any atom is -0.466 e. The summed E-state index contributed by atoms with van der Waals surface area (Å²) in [4.78, 5) is 25.6. The van der Waals surface area contributed by atoms with Crippen LogP contribution in [0.15, 0.2) is 24.3 Å². The quantitative estimate of drug-likeness (QED) is 0.624. The maximum atomic E-state index is 12.2. The van der Waals surface area contributed by atoms with Crippen LogP contribution in [0, 0.1) is 5.92 Å². The molecule has 0 aliphatic heterocycles. The van der Waals surface area contributed by atoms with E-state index in [2.05, 4.69) is 10.1 Å². The number of hydrogen-bond acceptors (Lipinski definition) is 5. The van der Waals surface area contributed by atoms with Gasteiger partial charge in [-0.25, -0.2) is 0 Å². The summed E-state index contributed by atoms with van der Waals surface area (Å²) in [7, 11) is 0. The van der Waals surface area contributed by atoms with Gasteiger partial charge in [-0.3, -0.25) is 14.5 Å². The van der Waals surface area contributed by atoms with Crippen LogP contribution in [0.2, 0.25) is 0 Å². The first-order valence-corrected chi connectivity index (χ1v) is 8.79. The highest BCUT2D eigenvalue weighted by atomic mass is 19.4. The van der Waals surface area contributed by atoms with Crippen LogP contribution in [0.5, 0.6) is 5.75 Å². The number of esters is 1. The lowest BCUT2D eigenvalue weighted by Gasteiger charge is -2.21. The zero-order chi connectivity index (χ0) is 19.9. The van der Waals surface area contributed by atoms with E-state index in [0.29, 0.717) is 24.8 Å². The van der Waals surface area contributed by atoms with E-state index in [4.69, 9.17) is 4.74 Å². The Bertz CT molecular complexity index is 630. The average molecular weight is 388 g/mol. The van der Waals surface area contributed by atoms with Gasteiger partial charge in [0, 0.05) is 18.8 Å². The Balaban J connectivity index is 1.83. The van der Waals surface area contributed by atoms with E-state index in [1.165, 1.54) is 12.1 Å². The third-order valence-corrected chi connectivity index (χ3v) is 3.89. The number of benzene rings is 1. The van der Waals surface area contributed by atoms with E-state index in [1.807, 2.05) is 4.90 Å². The molecular weight excluding hydrogens is 365 g/mol. The maximum absolute atomic E-state index is 12.2. The molecule has 1 aliphatic carbocycles. The predicted octanol–water partition coefficient (Wildman–Crippen LogP) is 3.19. The minimum absolute atomic E-state index is 0.0940. The van der Waals surface area contributed by atoms with Gasteiger partial charge in [-0.1, -0.05) is 0 Å². The van der Waals surface area contributed by atoms with Gasteiger partial charge in [-0.05, 0) is 49.9 Å². The van der Waals surface area contributed by atoms with Gasteiger partial charge in [0.15, 0.2) is 0 Å². The van der Waals surface area contributed by atoms with Crippen molar-refractivity contribution >= 4 is 17.6 Å². The minimum atomic E-state index is -4.76. The molecule has 6 nitrogen and oxygen atoms in total. The van der Waals surface area contributed by atoms with Gasteiger partial charge in [-0.2, -0.15) is 0 Å². The van der Waals surface area contributed by atoms with E-state index in [1.54, 1.807) is 6.92 Å². The molecule has 150 valence electrons. The van der Waals surface area contributed by atoms with Crippen molar-refractivity contribution in [2.75, 3.05) is 31.6 Å². The van der Waals surface area contributed by atoms with Crippen LogP contribution in [0.4, 0.5) is 18.9 Å². The number of rotatable bonds is 10. The van der Waals surface area contributed by atoms with Gasteiger partial charge in [0.05, 0.1) is 19.6 Å². The topological polar surface area (TPSA) is 67.9 Å². The molecule has 0 spiro atoms. The van der Waals surface area contributed by atoms with Crippen LogP contribution in [-0.4, -0.2) is 49.4 Å². The summed E-state index contributed by atoms with van der Waals surface area (Å²) in [5, 5.41) is 2.64. The smallest absolute Gasteiger partial charge is 0.466 e. The molecule has 0 bridgehead atoms. The Hall–Kier alpha value is -2.29. The number of alkyl halides is 3. The van der Waals surface area contributed by atoms with Gasteiger partial charge in [0.1, 0.15) is 5.75 Å². The summed E-state index contributed by atoms with van der Waals surface area (Å²) in [6, 6.07) is 4.93. The molecule has 1 aromatic rings. The highest BCUT2D eigenvalue weighted by Crippen LogP contribution is 2.29. The molecule has 0 aromatic heterocycles. The summed E-state index contributed by atoms with van der Waals surface area (Å²) >= 11 is 0. The van der Waals surface area contributed by atoms with Crippen LogP contribution in [0.3, 0.4) is 0 Å². The summed E-state index contributed by atoms with van der Waals surface area (Å²) in [5.41, 5.74) is 0.367. The third kappa shape index (κ3) is 8.76. The Morgan fingerprint density at radius 1 is 1.22 bits per heavy atom. The Kier molecular flexibility index (Phi) is 7.46. The molecule has 1 aliphatic rings. The molecule has 0 radical (unpaired) electrons. The lowest BCUT2D eigenvalue weighted by Crippen LogP contribution is -2.36. The van der Waals surface area contributed by atoms with E-state index in [9.17, 15) is 22.8 Å². The van der Waals surface area contributed by atoms with Gasteiger partial charge >= 0.3 is 12.3 Å². The van der Waals surface area contributed by atoms with E-state index < -0.39 is 6.36 Å². The molecule has 0 atom stereocenters. The first-order chi connectivity index (χ1) is 12.7. The number of carbonyl (C=O) groups is 2. The van der Waals surface area contributed by atoms with Crippen LogP contribution < -0.4 is 10.1 Å². The van der Waals surface area contributed by atoms with Crippen LogP contribution in [0.25, 0.3) is 0 Å². The van der Waals surface area contributed by atoms with Crippen LogP contribution in [0.1, 0.15) is 26.2 Å². The van der Waals surface area contributed by atoms with Crippen LogP contribution >= 0.6 is 0 Å². The molecule has 27 heavy (non-hydrogen) atoms. The number of halogens is 3. The fraction of sp³-hybridized carbons (Fsp3) is 0.556. The Labute approximate surface area is 155 Å². The average Bonchev–Trinajstić information content (AvgIpc) is 3.37. The molecule has 0 heterocycles. The predicted molar refractivity (Wildman–Crippen MR) is 92.2 cm³/mol. The van der Waals surface area contributed by atoms with Crippen molar-refractivity contribution in [3.05, 3.63) is 24.3 Å². The Morgan fingerprint density at radius 2 is 1.89 bits per heavy atom. The number of carbonyl (C=O) groups excluding carboxylic acids is 2. The highest BCUT2D eigenvalue weighted by Gasteiger charge is 2.31. The highest BCUT2D eigenvalue weighted by molar-refractivity contribution is 5.92. The molecule has 9 heteroatoms. The van der Waals surface area contributed by atoms with Crippen molar-refractivity contribution in [2.45, 2.75) is 32.5 Å². The zero-order valence-corrected chi connectivity index (χ0v) is 15.1. The van der Waals surface area contributed by atoms with Crippen molar-refractivity contribution in [3.63, 3.8) is 0 Å². The molecule has 1 saturated carbocycles. The standard InChI is InChI=1S/C18H23F3N2O4/c1-2-26-17(25)9-10-23(11-13-3-4-13)12-16(24)22-14-5-7-15(8-6-14)27-18(19,20)21/h5-8,13H,2-4,9-12H2,1H3,(H,22,24). The van der Waals surface area contributed by atoms with Gasteiger partial charge in [-0.15, -0.1) is 13.2 Å². The van der Waals surface area contributed by atoms with E-state index >= 15 is 0 Å². The summed E-state index contributed by atoms with van der Waals surface area (Å²) < 4.78 is 45.1. The van der Waals surface area contributed by atoms with Crippen molar-refractivity contribution in [3.8, 4) is 5.75 Å². The number of nitrogens with one attached hydrogen (secondary N) is 1. The fourth-order valence-electron chi connectivity index (χ4n) is 2.53. The monoisotopic (exact) mass is 388 g/mol. The lowest BCUT2D eigenvalue weighted by molar-refractivity contribution is -0.274. The lowest BCUT2D eigenvalue weighted by atomic mass is 10.3. The van der Waals surface area contributed by atoms with Crippen molar-refractivity contribution in [1.82, 2.24) is 4.90 Å². The second-order valence-corrected chi connectivity index (χ2v) is 6.35. The molecule has 0 unspecified atom stereocenters. The Morgan fingerprint density at radius 3 is 2.44 bits per heavy atom. The van der Waals surface area contributed by atoms with Crippen molar-refractivity contribution in [1.29, 1.82) is 0 Å². The molecule has 1 N–H and O–H groups in total. The summed E-state index contributed by atoms with van der Waals surface area (Å²) in [6.45, 7) is 3.29. The molecule has 1 fully saturated rings. The number of ether oxygens (including phenoxy) is 2. The second kappa shape index (κ2) is 9.59. The van der Waals surface area contributed by atoms with Gasteiger partial charge in [0.2, 0.25) is 5.91 Å². The zero-order valence-electron chi connectivity index (χ0n) is 15.1. The SMILES string of the molecule is CCOC(=O)CCN(CC(=O)Nc1ccc(OC(F)(F)F)cc1)CC1CC1. The molecule has 1 amide bonds. The molecule has 0 saturated heterocycles. The van der Waals surface area contributed by atoms with Crippen molar-refractivity contribution < 1.29 is 32.2 Å². The molecular formula is C18H23F3N2O4. The van der Waals surface area contributed by atoms with Gasteiger partial charge < -0.3 is 14.8 Å². The molecule has 2 rings (SSSR count).